The zero-order chi connectivity index (χ0) is 31.1. The molecule has 3 aromatic carbocycles. The van der Waals surface area contributed by atoms with E-state index in [4.69, 9.17) is 25.6 Å². The molecule has 0 aliphatic rings. The first-order valence-corrected chi connectivity index (χ1v) is 14.4. The van der Waals surface area contributed by atoms with E-state index >= 15 is 0 Å². The fourth-order valence-electron chi connectivity index (χ4n) is 4.50. The van der Waals surface area contributed by atoms with Crippen molar-refractivity contribution in [2.24, 2.45) is 0 Å². The number of H-pyrrole nitrogens is 1. The second kappa shape index (κ2) is 11.5. The van der Waals surface area contributed by atoms with Gasteiger partial charge in [-0.2, -0.15) is 18.6 Å². The number of hydrogen-bond acceptors (Lipinski definition) is 8. The van der Waals surface area contributed by atoms with Gasteiger partial charge in [-0.05, 0) is 92.9 Å². The molecule has 0 aliphatic carbocycles. The molecule has 0 spiro atoms. The van der Waals surface area contributed by atoms with Crippen LogP contribution in [-0.4, -0.2) is 41.9 Å². The molecule has 2 heterocycles. The summed E-state index contributed by atoms with van der Waals surface area (Å²) in [6, 6.07) is 19.2. The first-order valence-electron chi connectivity index (χ1n) is 13.0. The number of hydrogen-bond donors (Lipinski definition) is 1. The highest BCUT2D eigenvalue weighted by atomic mass is 35.5. The van der Waals surface area contributed by atoms with Crippen LogP contribution in [-0.2, 0) is 15.0 Å². The lowest BCUT2D eigenvalue weighted by atomic mass is 10.0. The molecule has 13 heteroatoms. The van der Waals surface area contributed by atoms with E-state index in [2.05, 4.69) is 10.1 Å². The first kappa shape index (κ1) is 29.7. The van der Waals surface area contributed by atoms with Crippen LogP contribution >= 0.6 is 11.6 Å². The molecule has 0 unspecified atom stereocenters. The van der Waals surface area contributed by atoms with Crippen LogP contribution < -0.4 is 15.2 Å². The number of methoxy groups -OCH3 is 1. The Kier molecular flexibility index (Phi) is 7.91. The van der Waals surface area contributed by atoms with Crippen molar-refractivity contribution < 1.29 is 27.2 Å². The van der Waals surface area contributed by atoms with Crippen molar-refractivity contribution in [1.29, 1.82) is 0 Å². The lowest BCUT2D eigenvalue weighted by Crippen LogP contribution is -2.34. The Morgan fingerprint density at radius 3 is 2.40 bits per heavy atom. The number of aryl methyl sites for hydroxylation is 1. The topological polar surface area (TPSA) is 137 Å². The maximum absolute atomic E-state index is 13.3. The standard InChI is InChI=1S/C30H27ClN4O7S/c1-17-14-18(6-10-22(17)31)19-7-11-24(25(16-19)40-5)35-23-12-9-21(15-20(23)8-13-26(35)36)34(29(37)41-30(2,3)4)27-32-28(42-33-27)43(38)39/h6-16H,1-5H3,(H,32,33). The smallest absolute Gasteiger partial charge is 0.421 e. The highest BCUT2D eigenvalue weighted by molar-refractivity contribution is 7.63. The minimum Gasteiger partial charge on any atom is -0.495 e. The number of pyridine rings is 1. The predicted molar refractivity (Wildman–Crippen MR) is 163 cm³/mol. The van der Waals surface area contributed by atoms with Crippen LogP contribution in [0.3, 0.4) is 0 Å². The molecule has 1 N–H and O–H groups in total. The molecule has 222 valence electrons. The van der Waals surface area contributed by atoms with Gasteiger partial charge < -0.3 is 14.0 Å². The van der Waals surface area contributed by atoms with Gasteiger partial charge in [0.2, 0.25) is 0 Å². The fourth-order valence-corrected chi connectivity index (χ4v) is 4.89. The number of halogens is 1. The second-order valence-electron chi connectivity index (χ2n) is 10.6. The minimum absolute atomic E-state index is 0.212. The summed E-state index contributed by atoms with van der Waals surface area (Å²) in [7, 11) is -1.25. The fraction of sp³-hybridized carbons (Fsp3) is 0.200. The number of benzene rings is 3. The Balaban J connectivity index is 1.64. The normalized spacial score (nSPS) is 11.4. The molecular formula is C30H27ClN4O7S. The summed E-state index contributed by atoms with van der Waals surface area (Å²) in [4.78, 5) is 30.8. The quantitative estimate of drug-likeness (QED) is 0.221. The summed E-state index contributed by atoms with van der Waals surface area (Å²) in [5.41, 5.74) is 2.91. The van der Waals surface area contributed by atoms with E-state index in [1.165, 1.54) is 17.7 Å². The van der Waals surface area contributed by atoms with Crippen LogP contribution in [0.15, 0.2) is 76.0 Å². The Bertz CT molecular complexity index is 2120. The van der Waals surface area contributed by atoms with Gasteiger partial charge in [-0.15, -0.1) is 0 Å². The third kappa shape index (κ3) is 6.06. The Hall–Kier alpha value is -4.81. The molecule has 1 amide bonds. The van der Waals surface area contributed by atoms with Gasteiger partial charge in [0.1, 0.15) is 11.4 Å². The van der Waals surface area contributed by atoms with Crippen LogP contribution in [0.2, 0.25) is 5.02 Å². The molecule has 0 fully saturated rings. The number of fused-ring (bicyclic) bond motifs is 1. The molecule has 5 rings (SSSR count). The number of carbonyl (C=O) groups is 1. The number of nitrogens with zero attached hydrogens (tertiary/aromatic N) is 3. The van der Waals surface area contributed by atoms with E-state index < -0.39 is 26.8 Å². The maximum atomic E-state index is 13.3. The Labute approximate surface area is 252 Å². The Morgan fingerprint density at radius 2 is 1.74 bits per heavy atom. The number of nitrogens with one attached hydrogen (secondary N) is 1. The highest BCUT2D eigenvalue weighted by Gasteiger charge is 2.28. The van der Waals surface area contributed by atoms with Gasteiger partial charge >= 0.3 is 10.9 Å². The summed E-state index contributed by atoms with van der Waals surface area (Å²) in [6.45, 7) is 7.01. The summed E-state index contributed by atoms with van der Waals surface area (Å²) >= 11 is 6.20. The number of rotatable bonds is 5. The largest absolute Gasteiger partial charge is 0.495 e. The van der Waals surface area contributed by atoms with Gasteiger partial charge in [0.05, 0.1) is 24.0 Å². The van der Waals surface area contributed by atoms with Crippen molar-refractivity contribution in [2.75, 3.05) is 12.0 Å². The summed E-state index contributed by atoms with van der Waals surface area (Å²) < 4.78 is 40.4. The third-order valence-corrected chi connectivity index (χ3v) is 7.29. The zero-order valence-electron chi connectivity index (χ0n) is 23.8. The van der Waals surface area contributed by atoms with Crippen LogP contribution in [0.5, 0.6) is 5.75 Å². The molecule has 0 saturated carbocycles. The van der Waals surface area contributed by atoms with Crippen molar-refractivity contribution in [1.82, 2.24) is 14.7 Å². The number of amides is 1. The minimum atomic E-state index is -2.78. The van der Waals surface area contributed by atoms with Gasteiger partial charge in [-0.3, -0.25) is 9.36 Å². The number of ether oxygens (including phenoxy) is 2. The first-order chi connectivity index (χ1) is 20.4. The van der Waals surface area contributed by atoms with Crippen LogP contribution in [0.1, 0.15) is 26.3 Å². The van der Waals surface area contributed by atoms with Crippen LogP contribution in [0, 0.1) is 11.8 Å². The Morgan fingerprint density at radius 1 is 1.02 bits per heavy atom. The van der Waals surface area contributed by atoms with E-state index in [0.717, 1.165) is 21.6 Å². The SMILES string of the molecule is COc1cc(-c2ccc(Cl)c(C)c2)ccc1-n1c(=O)ccc2cc(N(C(=O)OC(C)(C)C)c3nc(=S(=O)=O)o[nH]3)ccc21. The van der Waals surface area contributed by atoms with Gasteiger partial charge in [-0.25, -0.2) is 9.69 Å². The monoisotopic (exact) mass is 622 g/mol. The van der Waals surface area contributed by atoms with Gasteiger partial charge in [0.25, 0.3) is 21.8 Å². The average Bonchev–Trinajstić information content (AvgIpc) is 3.43. The molecule has 0 bridgehead atoms. The van der Waals surface area contributed by atoms with E-state index in [0.29, 0.717) is 27.4 Å². The van der Waals surface area contributed by atoms with Crippen LogP contribution in [0.4, 0.5) is 16.4 Å². The van der Waals surface area contributed by atoms with Crippen molar-refractivity contribution in [3.8, 4) is 22.6 Å². The number of aromatic nitrogens is 3. The van der Waals surface area contributed by atoms with Crippen molar-refractivity contribution in [2.45, 2.75) is 33.3 Å². The molecule has 11 nitrogen and oxygen atoms in total. The highest BCUT2D eigenvalue weighted by Crippen LogP contribution is 2.34. The van der Waals surface area contributed by atoms with Crippen molar-refractivity contribution >= 4 is 50.5 Å². The van der Waals surface area contributed by atoms with Crippen molar-refractivity contribution in [3.05, 3.63) is 92.5 Å². The van der Waals surface area contributed by atoms with Crippen molar-refractivity contribution in [3.63, 3.8) is 0 Å². The summed E-state index contributed by atoms with van der Waals surface area (Å²) in [6.07, 6.45) is -0.831. The van der Waals surface area contributed by atoms with Gasteiger partial charge in [-0.1, -0.05) is 23.7 Å². The molecular weight excluding hydrogens is 596 g/mol. The van der Waals surface area contributed by atoms with E-state index in [9.17, 15) is 18.0 Å². The molecule has 5 aromatic rings. The van der Waals surface area contributed by atoms with Gasteiger partial charge in [0, 0.05) is 16.5 Å². The summed E-state index contributed by atoms with van der Waals surface area (Å²) in [5.74, 6) is 0.255. The molecule has 0 radical (unpaired) electrons. The molecule has 0 atom stereocenters. The second-order valence-corrected chi connectivity index (χ2v) is 11.8. The lowest BCUT2D eigenvalue weighted by molar-refractivity contribution is 0.0596. The predicted octanol–water partition coefficient (Wildman–Crippen LogP) is 6.43. The van der Waals surface area contributed by atoms with E-state index in [-0.39, 0.29) is 17.2 Å². The molecule has 43 heavy (non-hydrogen) atoms. The number of anilines is 2. The number of aromatic amines is 1. The number of carbonyl (C=O) groups excluding carboxylic acids is 1. The van der Waals surface area contributed by atoms with Gasteiger partial charge in [0.15, 0.2) is 0 Å². The lowest BCUT2D eigenvalue weighted by Gasteiger charge is -2.25. The summed E-state index contributed by atoms with van der Waals surface area (Å²) in [5, 5.41) is 3.61. The molecule has 0 saturated heterocycles. The molecule has 2 aromatic heterocycles. The maximum Gasteiger partial charge on any atom is 0.421 e. The van der Waals surface area contributed by atoms with Crippen LogP contribution in [0.25, 0.3) is 27.7 Å². The third-order valence-electron chi connectivity index (χ3n) is 6.41. The van der Waals surface area contributed by atoms with E-state index in [1.54, 1.807) is 51.1 Å². The average molecular weight is 623 g/mol. The molecule has 0 aliphatic heterocycles. The zero-order valence-corrected chi connectivity index (χ0v) is 25.4. The van der Waals surface area contributed by atoms with E-state index in [1.807, 2.05) is 37.3 Å².